The van der Waals surface area contributed by atoms with Crippen molar-refractivity contribution in [1.29, 1.82) is 0 Å². The van der Waals surface area contributed by atoms with E-state index in [1.807, 2.05) is 6.92 Å². The van der Waals surface area contributed by atoms with Gasteiger partial charge < -0.3 is 9.30 Å². The number of halogens is 2. The van der Waals surface area contributed by atoms with Gasteiger partial charge in [-0.15, -0.1) is 0 Å². The number of pyridine rings is 2. The van der Waals surface area contributed by atoms with Gasteiger partial charge in [0.15, 0.2) is 0 Å². The molecule has 0 fully saturated rings. The maximum absolute atomic E-state index is 12.0. The lowest BCUT2D eigenvalue weighted by Gasteiger charge is -2.09. The first-order chi connectivity index (χ1) is 9.51. The topological polar surface area (TPSA) is 44.1 Å². The maximum atomic E-state index is 12.0. The van der Waals surface area contributed by atoms with Crippen LogP contribution in [0.3, 0.4) is 0 Å². The highest BCUT2D eigenvalue weighted by Gasteiger charge is 2.07. The number of nitrogens with zero attached hydrogens (tertiary/aromatic N) is 2. The van der Waals surface area contributed by atoms with Gasteiger partial charge in [0, 0.05) is 41.7 Å². The smallest absolute Gasteiger partial charge is 0.388 e. The van der Waals surface area contributed by atoms with Gasteiger partial charge in [-0.25, -0.2) is 4.98 Å². The summed E-state index contributed by atoms with van der Waals surface area (Å²) >= 11 is 0. The standard InChI is InChI=1S/C14H14F2N2O2/c1-3-18-8-11(6-9(2)13(18)19)10-4-5-12(17-7-10)20-14(15)16/h4-8,14H,3H2,1-2H3. The molecule has 6 heteroatoms. The summed E-state index contributed by atoms with van der Waals surface area (Å²) in [5, 5.41) is 0. The van der Waals surface area contributed by atoms with Crippen LogP contribution in [0.4, 0.5) is 8.78 Å². The van der Waals surface area contributed by atoms with Crippen LogP contribution in [0.15, 0.2) is 35.4 Å². The predicted molar refractivity (Wildman–Crippen MR) is 71.0 cm³/mol. The summed E-state index contributed by atoms with van der Waals surface area (Å²) < 4.78 is 29.9. The van der Waals surface area contributed by atoms with E-state index >= 15 is 0 Å². The number of aromatic nitrogens is 2. The molecule has 2 rings (SSSR count). The van der Waals surface area contributed by atoms with Crippen molar-refractivity contribution in [3.63, 3.8) is 0 Å². The third-order valence-electron chi connectivity index (χ3n) is 2.89. The fraction of sp³-hybridized carbons (Fsp3) is 0.286. The van der Waals surface area contributed by atoms with Crippen molar-refractivity contribution in [2.75, 3.05) is 0 Å². The van der Waals surface area contributed by atoms with Crippen LogP contribution >= 0.6 is 0 Å². The third kappa shape index (κ3) is 3.01. The van der Waals surface area contributed by atoms with E-state index in [0.717, 1.165) is 11.1 Å². The molecular formula is C14H14F2N2O2. The molecule has 20 heavy (non-hydrogen) atoms. The maximum Gasteiger partial charge on any atom is 0.388 e. The van der Waals surface area contributed by atoms with Crippen LogP contribution in [0, 0.1) is 6.92 Å². The largest absolute Gasteiger partial charge is 0.417 e. The molecule has 0 spiro atoms. The highest BCUT2D eigenvalue weighted by molar-refractivity contribution is 5.62. The van der Waals surface area contributed by atoms with E-state index in [4.69, 9.17) is 0 Å². The normalized spacial score (nSPS) is 10.8. The monoisotopic (exact) mass is 280 g/mol. The van der Waals surface area contributed by atoms with Crippen LogP contribution in [0.5, 0.6) is 5.88 Å². The Labute approximate surface area is 114 Å². The molecule has 0 aromatic carbocycles. The summed E-state index contributed by atoms with van der Waals surface area (Å²) in [5.74, 6) is -0.135. The van der Waals surface area contributed by atoms with E-state index in [-0.39, 0.29) is 11.4 Å². The van der Waals surface area contributed by atoms with Crippen molar-refractivity contribution >= 4 is 0 Å². The SMILES string of the molecule is CCn1cc(-c2ccc(OC(F)F)nc2)cc(C)c1=O. The molecule has 0 aliphatic carbocycles. The van der Waals surface area contributed by atoms with Crippen LogP contribution < -0.4 is 10.3 Å². The summed E-state index contributed by atoms with van der Waals surface area (Å²) in [7, 11) is 0. The summed E-state index contributed by atoms with van der Waals surface area (Å²) in [5.41, 5.74) is 2.12. The van der Waals surface area contributed by atoms with E-state index in [2.05, 4.69) is 9.72 Å². The zero-order chi connectivity index (χ0) is 14.7. The minimum atomic E-state index is -2.89. The first-order valence-electron chi connectivity index (χ1n) is 6.13. The second-order valence-electron chi connectivity index (χ2n) is 4.27. The molecule has 4 nitrogen and oxygen atoms in total. The molecule has 0 bridgehead atoms. The molecule has 2 aromatic rings. The van der Waals surface area contributed by atoms with E-state index in [1.165, 1.54) is 12.3 Å². The van der Waals surface area contributed by atoms with E-state index in [9.17, 15) is 13.6 Å². The Morgan fingerprint density at radius 1 is 1.35 bits per heavy atom. The molecule has 0 N–H and O–H groups in total. The third-order valence-corrected chi connectivity index (χ3v) is 2.89. The van der Waals surface area contributed by atoms with Gasteiger partial charge in [-0.05, 0) is 26.0 Å². The quantitative estimate of drug-likeness (QED) is 0.865. The van der Waals surface area contributed by atoms with Gasteiger partial charge in [0.05, 0.1) is 0 Å². The average Bonchev–Trinajstić information content (AvgIpc) is 2.42. The second kappa shape index (κ2) is 5.81. The Morgan fingerprint density at radius 3 is 2.65 bits per heavy atom. The Bertz CT molecular complexity index is 651. The van der Waals surface area contributed by atoms with Gasteiger partial charge in [0.25, 0.3) is 5.56 Å². The number of hydrogen-bond donors (Lipinski definition) is 0. The van der Waals surface area contributed by atoms with Crippen LogP contribution in [-0.2, 0) is 6.54 Å². The fourth-order valence-corrected chi connectivity index (χ4v) is 1.89. The van der Waals surface area contributed by atoms with E-state index < -0.39 is 6.61 Å². The Kier molecular flexibility index (Phi) is 4.12. The molecule has 2 aromatic heterocycles. The Balaban J connectivity index is 2.37. The summed E-state index contributed by atoms with van der Waals surface area (Å²) in [4.78, 5) is 15.6. The van der Waals surface area contributed by atoms with Crippen LogP contribution in [0.2, 0.25) is 0 Å². The summed E-state index contributed by atoms with van der Waals surface area (Å²) in [6, 6.07) is 4.75. The fourth-order valence-electron chi connectivity index (χ4n) is 1.89. The molecule has 106 valence electrons. The summed E-state index contributed by atoms with van der Waals surface area (Å²) in [6.07, 6.45) is 3.16. The number of aryl methyl sites for hydroxylation is 2. The molecule has 0 saturated carbocycles. The number of alkyl halides is 2. The summed E-state index contributed by atoms with van der Waals surface area (Å²) in [6.45, 7) is 1.29. The predicted octanol–water partition coefficient (Wildman–Crippen LogP) is 2.84. The molecule has 0 saturated heterocycles. The first kappa shape index (κ1) is 14.2. The molecule has 0 amide bonds. The molecule has 0 radical (unpaired) electrons. The lowest BCUT2D eigenvalue weighted by Crippen LogP contribution is -2.20. The highest BCUT2D eigenvalue weighted by atomic mass is 19.3. The van der Waals surface area contributed by atoms with E-state index in [1.54, 1.807) is 29.8 Å². The zero-order valence-corrected chi connectivity index (χ0v) is 11.1. The zero-order valence-electron chi connectivity index (χ0n) is 11.1. The lowest BCUT2D eigenvalue weighted by molar-refractivity contribution is -0.0528. The van der Waals surface area contributed by atoms with Crippen LogP contribution in [-0.4, -0.2) is 16.2 Å². The van der Waals surface area contributed by atoms with Crippen molar-refractivity contribution in [2.45, 2.75) is 27.0 Å². The van der Waals surface area contributed by atoms with E-state index in [0.29, 0.717) is 12.1 Å². The second-order valence-corrected chi connectivity index (χ2v) is 4.27. The van der Waals surface area contributed by atoms with Crippen molar-refractivity contribution < 1.29 is 13.5 Å². The molecule has 0 aliphatic rings. The highest BCUT2D eigenvalue weighted by Crippen LogP contribution is 2.20. The average molecular weight is 280 g/mol. The number of rotatable bonds is 4. The number of ether oxygens (including phenoxy) is 1. The molecular weight excluding hydrogens is 266 g/mol. The van der Waals surface area contributed by atoms with Crippen LogP contribution in [0.1, 0.15) is 12.5 Å². The molecule has 0 aliphatic heterocycles. The number of hydrogen-bond acceptors (Lipinski definition) is 3. The van der Waals surface area contributed by atoms with Crippen molar-refractivity contribution in [3.05, 3.63) is 46.5 Å². The Hall–Kier alpha value is -2.24. The minimum Gasteiger partial charge on any atom is -0.417 e. The van der Waals surface area contributed by atoms with Crippen molar-refractivity contribution in [1.82, 2.24) is 9.55 Å². The van der Waals surface area contributed by atoms with Gasteiger partial charge in [-0.1, -0.05) is 0 Å². The van der Waals surface area contributed by atoms with Gasteiger partial charge >= 0.3 is 6.61 Å². The van der Waals surface area contributed by atoms with Gasteiger partial charge in [-0.2, -0.15) is 8.78 Å². The lowest BCUT2D eigenvalue weighted by atomic mass is 10.1. The Morgan fingerprint density at radius 2 is 2.10 bits per heavy atom. The minimum absolute atomic E-state index is 0.0399. The van der Waals surface area contributed by atoms with Crippen LogP contribution in [0.25, 0.3) is 11.1 Å². The first-order valence-corrected chi connectivity index (χ1v) is 6.13. The molecule has 0 unspecified atom stereocenters. The molecule has 0 atom stereocenters. The van der Waals surface area contributed by atoms with Crippen molar-refractivity contribution in [2.24, 2.45) is 0 Å². The van der Waals surface area contributed by atoms with Crippen molar-refractivity contribution in [3.8, 4) is 17.0 Å². The van der Waals surface area contributed by atoms with Gasteiger partial charge in [0.1, 0.15) is 0 Å². The van der Waals surface area contributed by atoms with Gasteiger partial charge in [-0.3, -0.25) is 4.79 Å². The van der Waals surface area contributed by atoms with Gasteiger partial charge in [0.2, 0.25) is 5.88 Å². The molecule has 2 heterocycles.